The molecule has 0 saturated heterocycles. The highest BCUT2D eigenvalue weighted by Crippen LogP contribution is 2.23. The number of anilines is 1. The van der Waals surface area contributed by atoms with Crippen LogP contribution in [0.4, 0.5) is 5.69 Å². The summed E-state index contributed by atoms with van der Waals surface area (Å²) in [5.41, 5.74) is 1.16. The van der Waals surface area contributed by atoms with E-state index in [0.29, 0.717) is 21.6 Å². The molecule has 1 N–H and O–H groups in total. The first-order valence-electron chi connectivity index (χ1n) is 9.41. The second kappa shape index (κ2) is 8.41. The number of fused-ring (bicyclic) bond motifs is 1. The fourth-order valence-corrected chi connectivity index (χ4v) is 3.60. The molecule has 0 aliphatic heterocycles. The van der Waals surface area contributed by atoms with Crippen molar-refractivity contribution in [2.45, 2.75) is 13.5 Å². The maximum Gasteiger partial charge on any atom is 0.336 e. The molecule has 3 aromatic carbocycles. The van der Waals surface area contributed by atoms with Crippen LogP contribution in [0.15, 0.2) is 76.3 Å². The Morgan fingerprint density at radius 3 is 2.35 bits per heavy atom. The summed E-state index contributed by atoms with van der Waals surface area (Å²) in [4.78, 5) is 39.1. The average molecular weight is 454 g/mol. The van der Waals surface area contributed by atoms with Crippen LogP contribution in [-0.2, 0) is 11.3 Å². The Morgan fingerprint density at radius 1 is 0.935 bits per heavy atom. The van der Waals surface area contributed by atoms with Gasteiger partial charge in [-0.2, -0.15) is 0 Å². The summed E-state index contributed by atoms with van der Waals surface area (Å²) in [5, 5.41) is 3.59. The van der Waals surface area contributed by atoms with Crippen LogP contribution in [0.5, 0.6) is 0 Å². The predicted molar refractivity (Wildman–Crippen MR) is 124 cm³/mol. The van der Waals surface area contributed by atoms with Crippen LogP contribution in [-0.4, -0.2) is 15.0 Å². The zero-order chi connectivity index (χ0) is 22.1. The molecule has 0 atom stereocenters. The third-order valence-electron chi connectivity index (χ3n) is 4.85. The fourth-order valence-electron chi connectivity index (χ4n) is 3.31. The lowest BCUT2D eigenvalue weighted by Gasteiger charge is -2.14. The largest absolute Gasteiger partial charge is 0.336 e. The van der Waals surface area contributed by atoms with E-state index in [4.69, 9.17) is 23.2 Å². The van der Waals surface area contributed by atoms with Gasteiger partial charge in [-0.05, 0) is 49.4 Å². The quantitative estimate of drug-likeness (QED) is 0.497. The molecule has 0 bridgehead atoms. The first kappa shape index (κ1) is 20.9. The van der Waals surface area contributed by atoms with Crippen molar-refractivity contribution in [1.82, 2.24) is 9.13 Å². The summed E-state index contributed by atoms with van der Waals surface area (Å²) in [5.74, 6) is -0.393. The molecule has 4 rings (SSSR count). The van der Waals surface area contributed by atoms with Crippen molar-refractivity contribution in [3.8, 4) is 5.69 Å². The SMILES string of the molecule is Cc1ccc(NC(=O)Cn2c(=O)n(-c3ccc(Cl)c(Cl)c3)c(=O)c3ccccc32)cc1. The maximum absolute atomic E-state index is 13.3. The van der Waals surface area contributed by atoms with Crippen LogP contribution in [0, 0.1) is 6.92 Å². The summed E-state index contributed by atoms with van der Waals surface area (Å²) < 4.78 is 2.26. The highest BCUT2D eigenvalue weighted by molar-refractivity contribution is 6.42. The molecule has 1 amide bonds. The van der Waals surface area contributed by atoms with E-state index in [1.807, 2.05) is 19.1 Å². The number of hydrogen-bond acceptors (Lipinski definition) is 3. The Labute approximate surface area is 187 Å². The van der Waals surface area contributed by atoms with Gasteiger partial charge in [0.1, 0.15) is 6.54 Å². The number of hydrogen-bond donors (Lipinski definition) is 1. The van der Waals surface area contributed by atoms with Crippen LogP contribution in [0.3, 0.4) is 0 Å². The summed E-state index contributed by atoms with van der Waals surface area (Å²) in [6, 6.07) is 18.5. The van der Waals surface area contributed by atoms with Gasteiger partial charge in [-0.15, -0.1) is 0 Å². The van der Waals surface area contributed by atoms with Crippen molar-refractivity contribution < 1.29 is 4.79 Å². The Morgan fingerprint density at radius 2 is 1.65 bits per heavy atom. The molecule has 0 aliphatic rings. The number of carbonyl (C=O) groups is 1. The molecule has 0 saturated carbocycles. The highest BCUT2D eigenvalue weighted by Gasteiger charge is 2.17. The molecule has 1 heterocycles. The molecule has 0 aliphatic carbocycles. The van der Waals surface area contributed by atoms with Crippen LogP contribution in [0.25, 0.3) is 16.6 Å². The van der Waals surface area contributed by atoms with Crippen molar-refractivity contribution in [3.05, 3.63) is 103 Å². The number of carbonyl (C=O) groups excluding carboxylic acids is 1. The topological polar surface area (TPSA) is 73.1 Å². The first-order valence-corrected chi connectivity index (χ1v) is 10.2. The van der Waals surface area contributed by atoms with Gasteiger partial charge in [-0.25, -0.2) is 9.36 Å². The minimum Gasteiger partial charge on any atom is -0.325 e. The van der Waals surface area contributed by atoms with E-state index < -0.39 is 17.2 Å². The van der Waals surface area contributed by atoms with E-state index in [0.717, 1.165) is 10.1 Å². The molecule has 4 aromatic rings. The number of halogens is 2. The van der Waals surface area contributed by atoms with E-state index in [2.05, 4.69) is 5.32 Å². The van der Waals surface area contributed by atoms with Gasteiger partial charge in [0.2, 0.25) is 5.91 Å². The zero-order valence-electron chi connectivity index (χ0n) is 16.4. The van der Waals surface area contributed by atoms with Gasteiger partial charge in [0, 0.05) is 5.69 Å². The minimum absolute atomic E-state index is 0.210. The molecule has 0 spiro atoms. The lowest BCUT2D eigenvalue weighted by atomic mass is 10.2. The lowest BCUT2D eigenvalue weighted by Crippen LogP contribution is -2.40. The Hall–Kier alpha value is -3.35. The molecule has 1 aromatic heterocycles. The number of aryl methyl sites for hydroxylation is 1. The van der Waals surface area contributed by atoms with E-state index in [1.54, 1.807) is 36.4 Å². The van der Waals surface area contributed by atoms with Crippen molar-refractivity contribution in [2.24, 2.45) is 0 Å². The molecular weight excluding hydrogens is 437 g/mol. The third kappa shape index (κ3) is 4.13. The van der Waals surface area contributed by atoms with Crippen molar-refractivity contribution in [1.29, 1.82) is 0 Å². The van der Waals surface area contributed by atoms with E-state index in [1.165, 1.54) is 22.8 Å². The first-order chi connectivity index (χ1) is 14.8. The Balaban J connectivity index is 1.83. The smallest absolute Gasteiger partial charge is 0.325 e. The number of amides is 1. The van der Waals surface area contributed by atoms with Gasteiger partial charge in [0.05, 0.1) is 26.6 Å². The second-order valence-electron chi connectivity index (χ2n) is 7.04. The summed E-state index contributed by atoms with van der Waals surface area (Å²) in [6.45, 7) is 1.68. The van der Waals surface area contributed by atoms with Crippen molar-refractivity contribution in [2.75, 3.05) is 5.32 Å². The Bertz CT molecular complexity index is 1420. The predicted octanol–water partition coefficient (Wildman–Crippen LogP) is 4.41. The maximum atomic E-state index is 13.3. The van der Waals surface area contributed by atoms with Gasteiger partial charge in [0.15, 0.2) is 0 Å². The monoisotopic (exact) mass is 453 g/mol. The second-order valence-corrected chi connectivity index (χ2v) is 7.85. The van der Waals surface area contributed by atoms with E-state index >= 15 is 0 Å². The summed E-state index contributed by atoms with van der Waals surface area (Å²) in [7, 11) is 0. The molecular formula is C23H17Cl2N3O3. The molecule has 0 fully saturated rings. The van der Waals surface area contributed by atoms with Crippen LogP contribution in [0.2, 0.25) is 10.0 Å². The number of aromatic nitrogens is 2. The van der Waals surface area contributed by atoms with Gasteiger partial charge >= 0.3 is 5.69 Å². The van der Waals surface area contributed by atoms with Crippen molar-refractivity contribution in [3.63, 3.8) is 0 Å². The molecule has 0 unspecified atom stereocenters. The van der Waals surface area contributed by atoms with Crippen LogP contribution in [0.1, 0.15) is 5.56 Å². The molecule has 156 valence electrons. The van der Waals surface area contributed by atoms with Crippen molar-refractivity contribution >= 4 is 45.7 Å². The average Bonchev–Trinajstić information content (AvgIpc) is 2.75. The van der Waals surface area contributed by atoms with Gasteiger partial charge in [-0.1, -0.05) is 53.0 Å². The molecule has 31 heavy (non-hydrogen) atoms. The van der Waals surface area contributed by atoms with Crippen LogP contribution < -0.4 is 16.6 Å². The summed E-state index contributed by atoms with van der Waals surface area (Å²) in [6.07, 6.45) is 0. The lowest BCUT2D eigenvalue weighted by molar-refractivity contribution is -0.116. The number of nitrogens with zero attached hydrogens (tertiary/aromatic N) is 2. The standard InChI is InChI=1S/C23H17Cl2N3O3/c1-14-6-8-15(9-7-14)26-21(29)13-27-20-5-3-2-4-17(20)22(30)28(23(27)31)16-10-11-18(24)19(25)12-16/h2-12H,13H2,1H3,(H,26,29). The normalized spacial score (nSPS) is 10.9. The van der Waals surface area contributed by atoms with Gasteiger partial charge < -0.3 is 5.32 Å². The number of nitrogens with one attached hydrogen (secondary N) is 1. The molecule has 6 nitrogen and oxygen atoms in total. The minimum atomic E-state index is -0.652. The van der Waals surface area contributed by atoms with Gasteiger partial charge in [-0.3, -0.25) is 14.2 Å². The molecule has 0 radical (unpaired) electrons. The van der Waals surface area contributed by atoms with E-state index in [-0.39, 0.29) is 17.3 Å². The highest BCUT2D eigenvalue weighted by atomic mass is 35.5. The number of benzene rings is 3. The number of para-hydroxylation sites is 1. The third-order valence-corrected chi connectivity index (χ3v) is 5.59. The molecule has 8 heteroatoms. The fraction of sp³-hybridized carbons (Fsp3) is 0.0870. The zero-order valence-corrected chi connectivity index (χ0v) is 17.9. The van der Waals surface area contributed by atoms with Crippen LogP contribution >= 0.6 is 23.2 Å². The number of rotatable bonds is 4. The van der Waals surface area contributed by atoms with Gasteiger partial charge in [0.25, 0.3) is 5.56 Å². The summed E-state index contributed by atoms with van der Waals surface area (Å²) >= 11 is 12.1. The Kier molecular flexibility index (Phi) is 5.67. The van der Waals surface area contributed by atoms with E-state index in [9.17, 15) is 14.4 Å².